The Labute approximate surface area is 111 Å². The number of aromatic nitrogens is 1. The number of H-pyrrole nitrogens is 1. The van der Waals surface area contributed by atoms with E-state index in [2.05, 4.69) is 4.98 Å². The van der Waals surface area contributed by atoms with Crippen LogP contribution in [-0.4, -0.2) is 18.1 Å². The van der Waals surface area contributed by atoms with Crippen LogP contribution in [0.15, 0.2) is 54.7 Å². The number of hydrogen-bond acceptors (Lipinski definition) is 2. The fraction of sp³-hybridized carbons (Fsp3) is 0.0625. The van der Waals surface area contributed by atoms with Crippen LogP contribution in [0.1, 0.15) is 10.4 Å². The molecule has 0 fully saturated rings. The lowest BCUT2D eigenvalue weighted by atomic mass is 10.1. The van der Waals surface area contributed by atoms with Crippen LogP contribution < -0.4 is 0 Å². The average molecular weight is 251 g/mol. The molecule has 3 heteroatoms. The Morgan fingerprint density at radius 3 is 2.63 bits per heavy atom. The quantitative estimate of drug-likeness (QED) is 0.707. The average Bonchev–Trinajstić information content (AvgIpc) is 3.01. The van der Waals surface area contributed by atoms with Crippen molar-refractivity contribution in [3.63, 3.8) is 0 Å². The van der Waals surface area contributed by atoms with Crippen molar-refractivity contribution in [3.8, 4) is 22.4 Å². The van der Waals surface area contributed by atoms with E-state index in [1.165, 1.54) is 7.11 Å². The van der Waals surface area contributed by atoms with E-state index >= 15 is 0 Å². The van der Waals surface area contributed by atoms with E-state index in [0.717, 1.165) is 22.4 Å². The van der Waals surface area contributed by atoms with Gasteiger partial charge in [-0.2, -0.15) is 0 Å². The zero-order chi connectivity index (χ0) is 13.2. The van der Waals surface area contributed by atoms with Crippen molar-refractivity contribution >= 4 is 5.97 Å². The van der Waals surface area contributed by atoms with Gasteiger partial charge in [0.25, 0.3) is 0 Å². The molecule has 0 radical (unpaired) electrons. The first-order chi connectivity index (χ1) is 9.31. The fourth-order valence-corrected chi connectivity index (χ4v) is 2.32. The summed E-state index contributed by atoms with van der Waals surface area (Å²) in [7, 11) is 1.41. The summed E-state index contributed by atoms with van der Waals surface area (Å²) < 4.78 is 4.92. The number of nitrogens with one attached hydrogen (secondary N) is 1. The van der Waals surface area contributed by atoms with Crippen LogP contribution in [0.5, 0.6) is 0 Å². The summed E-state index contributed by atoms with van der Waals surface area (Å²) in [5.41, 5.74) is 4.32. The van der Waals surface area contributed by atoms with E-state index in [0.29, 0.717) is 5.56 Å². The number of carbonyl (C=O) groups is 1. The molecule has 0 atom stereocenters. The molecule has 94 valence electrons. The third kappa shape index (κ3) is 1.89. The Morgan fingerprint density at radius 1 is 1.05 bits per heavy atom. The molecule has 3 nitrogen and oxygen atoms in total. The highest BCUT2D eigenvalue weighted by Crippen LogP contribution is 2.37. The standard InChI is InChI=1S/C16H13NO2/c1-19-16(18)15-12-7-4-2-3-6-11(12)10-13(15)14-8-5-9-17-14/h2-10,17H,1H3. The molecule has 0 spiro atoms. The molecule has 2 aliphatic rings. The van der Waals surface area contributed by atoms with E-state index in [9.17, 15) is 4.79 Å². The minimum Gasteiger partial charge on any atom is -0.465 e. The van der Waals surface area contributed by atoms with Gasteiger partial charge in [-0.1, -0.05) is 30.3 Å². The molecule has 19 heavy (non-hydrogen) atoms. The summed E-state index contributed by atoms with van der Waals surface area (Å²) in [5.74, 6) is -0.314. The molecule has 1 aromatic heterocycles. The lowest BCUT2D eigenvalue weighted by Gasteiger charge is -2.02. The van der Waals surface area contributed by atoms with Gasteiger partial charge in [0.15, 0.2) is 0 Å². The second-order valence-corrected chi connectivity index (χ2v) is 4.29. The number of rotatable bonds is 2. The molecule has 0 aromatic carbocycles. The van der Waals surface area contributed by atoms with Gasteiger partial charge < -0.3 is 9.72 Å². The van der Waals surface area contributed by atoms with E-state index < -0.39 is 0 Å². The number of ether oxygens (including phenoxy) is 1. The van der Waals surface area contributed by atoms with Gasteiger partial charge in [0, 0.05) is 17.5 Å². The Balaban J connectivity index is 2.32. The van der Waals surface area contributed by atoms with Crippen LogP contribution in [0, 0.1) is 0 Å². The first kappa shape index (κ1) is 11.5. The van der Waals surface area contributed by atoms with E-state index in [4.69, 9.17) is 4.74 Å². The summed E-state index contributed by atoms with van der Waals surface area (Å²) in [5, 5.41) is 0. The summed E-state index contributed by atoms with van der Waals surface area (Å²) in [6, 6.07) is 15.6. The maximum Gasteiger partial charge on any atom is 0.339 e. The number of aromatic amines is 1. The number of esters is 1. The number of methoxy groups -OCH3 is 1. The third-order valence-electron chi connectivity index (χ3n) is 3.19. The van der Waals surface area contributed by atoms with Gasteiger partial charge in [0.05, 0.1) is 12.7 Å². The first-order valence-corrected chi connectivity index (χ1v) is 6.05. The van der Waals surface area contributed by atoms with Gasteiger partial charge in [-0.05, 0) is 29.3 Å². The molecule has 1 N–H and O–H groups in total. The van der Waals surface area contributed by atoms with Crippen molar-refractivity contribution in [3.05, 3.63) is 60.3 Å². The topological polar surface area (TPSA) is 42.1 Å². The smallest absolute Gasteiger partial charge is 0.339 e. The largest absolute Gasteiger partial charge is 0.465 e. The van der Waals surface area contributed by atoms with Crippen molar-refractivity contribution in [1.82, 2.24) is 4.98 Å². The predicted molar refractivity (Wildman–Crippen MR) is 74.2 cm³/mol. The zero-order valence-electron chi connectivity index (χ0n) is 10.5. The van der Waals surface area contributed by atoms with Crippen LogP contribution in [0.4, 0.5) is 0 Å². The van der Waals surface area contributed by atoms with Crippen LogP contribution in [0.25, 0.3) is 22.4 Å². The van der Waals surface area contributed by atoms with Crippen LogP contribution in [0.2, 0.25) is 0 Å². The van der Waals surface area contributed by atoms with E-state index in [-0.39, 0.29) is 5.97 Å². The Morgan fingerprint density at radius 2 is 1.89 bits per heavy atom. The molecule has 0 bridgehead atoms. The lowest BCUT2D eigenvalue weighted by Crippen LogP contribution is -2.02. The monoisotopic (exact) mass is 251 g/mol. The summed E-state index contributed by atoms with van der Waals surface area (Å²) in [6.07, 6.45) is 1.84. The third-order valence-corrected chi connectivity index (χ3v) is 3.19. The molecule has 0 unspecified atom stereocenters. The molecule has 2 aliphatic carbocycles. The van der Waals surface area contributed by atoms with Gasteiger partial charge >= 0.3 is 5.97 Å². The Hall–Kier alpha value is -2.55. The highest BCUT2D eigenvalue weighted by molar-refractivity contribution is 6.06. The Kier molecular flexibility index (Phi) is 2.80. The first-order valence-electron chi connectivity index (χ1n) is 6.05. The molecule has 3 rings (SSSR count). The van der Waals surface area contributed by atoms with Crippen molar-refractivity contribution < 1.29 is 9.53 Å². The van der Waals surface area contributed by atoms with Crippen molar-refractivity contribution in [2.75, 3.05) is 7.11 Å². The molecule has 0 aliphatic heterocycles. The van der Waals surface area contributed by atoms with Crippen molar-refractivity contribution in [2.24, 2.45) is 0 Å². The van der Waals surface area contributed by atoms with Crippen LogP contribution in [-0.2, 0) is 4.74 Å². The molecular weight excluding hydrogens is 238 g/mol. The minimum atomic E-state index is -0.314. The minimum absolute atomic E-state index is 0.314. The lowest BCUT2D eigenvalue weighted by molar-refractivity contribution is 0.0603. The molecule has 1 aromatic rings. The molecule has 0 amide bonds. The van der Waals surface area contributed by atoms with Gasteiger partial charge in [-0.3, -0.25) is 0 Å². The highest BCUT2D eigenvalue weighted by atomic mass is 16.5. The number of carbonyl (C=O) groups excluding carboxylic acids is 1. The second kappa shape index (κ2) is 4.61. The maximum absolute atomic E-state index is 12.1. The number of fused-ring (bicyclic) bond motifs is 1. The molecule has 0 saturated carbocycles. The summed E-state index contributed by atoms with van der Waals surface area (Å²) in [4.78, 5) is 15.2. The van der Waals surface area contributed by atoms with Crippen LogP contribution in [0.3, 0.4) is 0 Å². The summed E-state index contributed by atoms with van der Waals surface area (Å²) in [6.45, 7) is 0. The van der Waals surface area contributed by atoms with Gasteiger partial charge in [0.2, 0.25) is 0 Å². The van der Waals surface area contributed by atoms with Crippen LogP contribution >= 0.6 is 0 Å². The Bertz CT molecular complexity index is 686. The van der Waals surface area contributed by atoms with Crippen molar-refractivity contribution in [2.45, 2.75) is 0 Å². The van der Waals surface area contributed by atoms with E-state index in [1.54, 1.807) is 0 Å². The van der Waals surface area contributed by atoms with Gasteiger partial charge in [-0.15, -0.1) is 0 Å². The molecular formula is C16H13NO2. The second-order valence-electron chi connectivity index (χ2n) is 4.29. The predicted octanol–water partition coefficient (Wildman–Crippen LogP) is 3.57. The summed E-state index contributed by atoms with van der Waals surface area (Å²) >= 11 is 0. The van der Waals surface area contributed by atoms with E-state index in [1.807, 2.05) is 54.7 Å². The number of hydrogen-bond donors (Lipinski definition) is 1. The van der Waals surface area contributed by atoms with Gasteiger partial charge in [0.1, 0.15) is 0 Å². The highest BCUT2D eigenvalue weighted by Gasteiger charge is 2.22. The molecule has 0 saturated heterocycles. The normalized spacial score (nSPS) is 10.6. The maximum atomic E-state index is 12.1. The van der Waals surface area contributed by atoms with Crippen molar-refractivity contribution in [1.29, 1.82) is 0 Å². The van der Waals surface area contributed by atoms with Gasteiger partial charge in [-0.25, -0.2) is 4.79 Å². The SMILES string of the molecule is COC(=O)c1c2cccccc-2cc1-c1ccc[nH]1. The zero-order valence-corrected chi connectivity index (χ0v) is 10.5. The fourth-order valence-electron chi connectivity index (χ4n) is 2.32. The molecule has 1 heterocycles.